The summed E-state index contributed by atoms with van der Waals surface area (Å²) >= 11 is 6.44. The number of amides is 1. The van der Waals surface area contributed by atoms with Crippen LogP contribution in [0.5, 0.6) is 5.75 Å². The van der Waals surface area contributed by atoms with Crippen LogP contribution in [0.3, 0.4) is 0 Å². The quantitative estimate of drug-likeness (QED) is 0.413. The second-order valence-corrected chi connectivity index (χ2v) is 10.9. The van der Waals surface area contributed by atoms with Gasteiger partial charge in [-0.25, -0.2) is 9.37 Å². The molecular formula is C26H31ClFN7O3. The average Bonchev–Trinajstić information content (AvgIpc) is 3.59. The van der Waals surface area contributed by atoms with Gasteiger partial charge in [0.25, 0.3) is 11.5 Å². The van der Waals surface area contributed by atoms with Gasteiger partial charge in [0.15, 0.2) is 18.2 Å². The van der Waals surface area contributed by atoms with E-state index in [-0.39, 0.29) is 35.1 Å². The van der Waals surface area contributed by atoms with Crippen molar-refractivity contribution >= 4 is 45.9 Å². The molecule has 1 aliphatic heterocycles. The summed E-state index contributed by atoms with van der Waals surface area (Å²) in [7, 11) is 1.62. The summed E-state index contributed by atoms with van der Waals surface area (Å²) in [4.78, 5) is 34.8. The average molecular weight is 544 g/mol. The van der Waals surface area contributed by atoms with Crippen molar-refractivity contribution in [1.29, 1.82) is 0 Å². The van der Waals surface area contributed by atoms with E-state index in [1.807, 2.05) is 17.9 Å². The van der Waals surface area contributed by atoms with Crippen molar-refractivity contribution in [3.05, 3.63) is 45.8 Å². The second-order valence-electron chi connectivity index (χ2n) is 10.5. The van der Waals surface area contributed by atoms with Crippen molar-refractivity contribution in [1.82, 2.24) is 14.5 Å². The molecule has 3 aromatic rings. The Balaban J connectivity index is 1.42. The molecule has 0 bridgehead atoms. The molecule has 0 radical (unpaired) electrons. The highest BCUT2D eigenvalue weighted by atomic mass is 35.5. The van der Waals surface area contributed by atoms with E-state index in [0.717, 1.165) is 6.42 Å². The van der Waals surface area contributed by atoms with Gasteiger partial charge >= 0.3 is 0 Å². The zero-order valence-corrected chi connectivity index (χ0v) is 22.2. The molecule has 1 aliphatic carbocycles. The van der Waals surface area contributed by atoms with E-state index in [0.29, 0.717) is 46.5 Å². The molecule has 5 unspecified atom stereocenters. The van der Waals surface area contributed by atoms with E-state index >= 15 is 4.39 Å². The zero-order valence-electron chi connectivity index (χ0n) is 21.4. The number of aromatic nitrogens is 3. The maximum Gasteiger partial charge on any atom is 0.293 e. The Bertz CT molecular complexity index is 1460. The predicted molar refractivity (Wildman–Crippen MR) is 145 cm³/mol. The minimum Gasteiger partial charge on any atom is -0.478 e. The van der Waals surface area contributed by atoms with Crippen LogP contribution in [-0.2, 0) is 11.8 Å². The molecule has 10 nitrogen and oxygen atoms in total. The van der Waals surface area contributed by atoms with E-state index < -0.39 is 18.2 Å². The summed E-state index contributed by atoms with van der Waals surface area (Å²) in [6.45, 7) is 4.15. The minimum absolute atomic E-state index is 0.0160. The van der Waals surface area contributed by atoms with E-state index in [4.69, 9.17) is 27.8 Å². The third kappa shape index (κ3) is 4.88. The second kappa shape index (κ2) is 9.70. The number of aryl methyl sites for hydroxylation is 1. The molecule has 5 N–H and O–H groups in total. The van der Waals surface area contributed by atoms with Gasteiger partial charge in [-0.3, -0.25) is 9.59 Å². The fraction of sp³-hybridized carbons (Fsp3) is 0.462. The van der Waals surface area contributed by atoms with Gasteiger partial charge < -0.3 is 31.0 Å². The van der Waals surface area contributed by atoms with Crippen LogP contribution in [-0.4, -0.2) is 51.8 Å². The number of halogens is 2. The number of nitrogens with one attached hydrogen (secondary N) is 1. The molecule has 0 spiro atoms. The molecule has 2 fully saturated rings. The third-order valence-electron chi connectivity index (χ3n) is 7.85. The summed E-state index contributed by atoms with van der Waals surface area (Å²) in [5.41, 5.74) is 10.9. The first-order valence-electron chi connectivity index (χ1n) is 12.5. The molecule has 1 saturated carbocycles. The van der Waals surface area contributed by atoms with Gasteiger partial charge in [-0.2, -0.15) is 4.98 Å². The molecule has 5 atom stereocenters. The Morgan fingerprint density at radius 2 is 2.08 bits per heavy atom. The van der Waals surface area contributed by atoms with Crippen LogP contribution in [0.4, 0.5) is 21.8 Å². The fourth-order valence-electron chi connectivity index (χ4n) is 5.30. The number of primary amides is 1. The molecule has 5 rings (SSSR count). The smallest absolute Gasteiger partial charge is 0.293 e. The highest BCUT2D eigenvalue weighted by Crippen LogP contribution is 2.48. The van der Waals surface area contributed by atoms with Gasteiger partial charge in [0.05, 0.1) is 11.7 Å². The van der Waals surface area contributed by atoms with Crippen molar-refractivity contribution in [3.8, 4) is 5.75 Å². The molecule has 1 aromatic carbocycles. The molecule has 12 heteroatoms. The van der Waals surface area contributed by atoms with Gasteiger partial charge in [-0.05, 0) is 43.5 Å². The van der Waals surface area contributed by atoms with Gasteiger partial charge in [-0.15, -0.1) is 0 Å². The summed E-state index contributed by atoms with van der Waals surface area (Å²) in [6.07, 6.45) is 2.36. The first-order chi connectivity index (χ1) is 18.0. The van der Waals surface area contributed by atoms with Gasteiger partial charge in [-0.1, -0.05) is 18.5 Å². The first-order valence-corrected chi connectivity index (χ1v) is 12.9. The fourth-order valence-corrected chi connectivity index (χ4v) is 5.44. The summed E-state index contributed by atoms with van der Waals surface area (Å²) in [5, 5.41) is 4.23. The number of nitrogens with zero attached hydrogens (tertiary/aromatic N) is 4. The molecule has 1 saturated heterocycles. The third-order valence-corrected chi connectivity index (χ3v) is 8.12. The Morgan fingerprint density at radius 1 is 1.34 bits per heavy atom. The highest BCUT2D eigenvalue weighted by molar-refractivity contribution is 6.32. The number of benzene rings is 1. The normalized spacial score (nSPS) is 26.8. The Morgan fingerprint density at radius 3 is 2.76 bits per heavy atom. The van der Waals surface area contributed by atoms with Crippen molar-refractivity contribution < 1.29 is 13.9 Å². The SMILES string of the molecule is CC1CN(c2ncc(Cl)c(Nc3ccc4c(c3)cc(OCC(N)=O)c(=O)n4C)n2)CC(C2CC2N)C1(C)F. The van der Waals surface area contributed by atoms with Crippen LogP contribution in [0, 0.1) is 17.8 Å². The summed E-state index contributed by atoms with van der Waals surface area (Å²) < 4.78 is 22.3. The maximum absolute atomic E-state index is 15.6. The van der Waals surface area contributed by atoms with Gasteiger partial charge in [0, 0.05) is 49.1 Å². The van der Waals surface area contributed by atoms with Gasteiger partial charge in [0.2, 0.25) is 5.95 Å². The standard InChI is InChI=1S/C26H31ClFN7O3/c1-13-10-35(11-17(26(13,2)28)16-8-19(16)29)25-31-9-18(27)23(33-25)32-15-4-5-20-14(6-15)7-21(24(37)34(20)3)38-12-22(30)36/h4-7,9,13,16-17,19H,8,10-12,29H2,1-3H3,(H2,30,36)(H,31,32,33). The van der Waals surface area contributed by atoms with Crippen molar-refractivity contribution in [3.63, 3.8) is 0 Å². The van der Waals surface area contributed by atoms with Crippen molar-refractivity contribution in [2.75, 3.05) is 29.9 Å². The van der Waals surface area contributed by atoms with E-state index in [9.17, 15) is 9.59 Å². The lowest BCUT2D eigenvalue weighted by Gasteiger charge is -2.45. The number of hydrogen-bond donors (Lipinski definition) is 3. The minimum atomic E-state index is -1.31. The first kappa shape index (κ1) is 26.2. The molecule has 38 heavy (non-hydrogen) atoms. The van der Waals surface area contributed by atoms with Crippen molar-refractivity contribution in [2.45, 2.75) is 32.0 Å². The largest absolute Gasteiger partial charge is 0.478 e. The highest BCUT2D eigenvalue weighted by Gasteiger charge is 2.54. The molecule has 2 aromatic heterocycles. The Labute approximate surface area is 224 Å². The number of carbonyl (C=O) groups is 1. The Kier molecular flexibility index (Phi) is 6.68. The zero-order chi connectivity index (χ0) is 27.4. The number of hydrogen-bond acceptors (Lipinski definition) is 8. The maximum atomic E-state index is 15.6. The summed E-state index contributed by atoms with van der Waals surface area (Å²) in [6, 6.07) is 6.99. The molecule has 202 valence electrons. The number of fused-ring (bicyclic) bond motifs is 1. The number of piperidine rings is 1. The number of carbonyl (C=O) groups excluding carboxylic acids is 1. The number of pyridine rings is 1. The number of ether oxygens (including phenoxy) is 1. The van der Waals surface area contributed by atoms with E-state index in [1.165, 1.54) is 10.8 Å². The number of anilines is 3. The molecule has 2 aliphatic rings. The number of alkyl halides is 1. The van der Waals surface area contributed by atoms with Crippen LogP contribution in [0.2, 0.25) is 5.02 Å². The number of nitrogens with two attached hydrogens (primary N) is 2. The van der Waals surface area contributed by atoms with Crippen LogP contribution in [0.25, 0.3) is 10.9 Å². The summed E-state index contributed by atoms with van der Waals surface area (Å²) in [5.74, 6) is -0.0659. The lowest BCUT2D eigenvalue weighted by atomic mass is 9.74. The molecular weight excluding hydrogens is 513 g/mol. The van der Waals surface area contributed by atoms with E-state index in [1.54, 1.807) is 32.2 Å². The molecule has 1 amide bonds. The number of rotatable bonds is 7. The van der Waals surface area contributed by atoms with Gasteiger partial charge in [0.1, 0.15) is 10.7 Å². The van der Waals surface area contributed by atoms with Crippen LogP contribution >= 0.6 is 11.6 Å². The monoisotopic (exact) mass is 543 g/mol. The van der Waals surface area contributed by atoms with Crippen molar-refractivity contribution in [2.24, 2.45) is 36.3 Å². The van der Waals surface area contributed by atoms with Crippen LogP contribution < -0.4 is 32.0 Å². The predicted octanol–water partition coefficient (Wildman–Crippen LogP) is 2.74. The topological polar surface area (TPSA) is 141 Å². The van der Waals surface area contributed by atoms with Crippen LogP contribution in [0.15, 0.2) is 35.3 Å². The van der Waals surface area contributed by atoms with E-state index in [2.05, 4.69) is 15.3 Å². The lowest BCUT2D eigenvalue weighted by Crippen LogP contribution is -2.55. The Hall–Kier alpha value is -3.44. The van der Waals surface area contributed by atoms with Crippen LogP contribution in [0.1, 0.15) is 20.3 Å². The molecule has 3 heterocycles. The lowest BCUT2D eigenvalue weighted by molar-refractivity contribution is -0.119.